The Hall–Kier alpha value is -1.39. The van der Waals surface area contributed by atoms with Crippen LogP contribution < -0.4 is 0 Å². The van der Waals surface area contributed by atoms with Crippen LogP contribution in [0, 0.1) is 5.92 Å². The van der Waals surface area contributed by atoms with Gasteiger partial charge in [0.2, 0.25) is 5.91 Å². The van der Waals surface area contributed by atoms with Crippen molar-refractivity contribution in [2.75, 3.05) is 33.4 Å². The van der Waals surface area contributed by atoms with Gasteiger partial charge >= 0.3 is 0 Å². The van der Waals surface area contributed by atoms with E-state index in [0.717, 1.165) is 44.5 Å². The number of nitrogens with zero attached hydrogens (tertiary/aromatic N) is 1. The van der Waals surface area contributed by atoms with Gasteiger partial charge in [-0.3, -0.25) is 4.79 Å². The zero-order valence-corrected chi connectivity index (χ0v) is 13.5. The van der Waals surface area contributed by atoms with Crippen molar-refractivity contribution in [1.82, 2.24) is 4.90 Å². The van der Waals surface area contributed by atoms with Crippen LogP contribution in [0.5, 0.6) is 0 Å². The summed E-state index contributed by atoms with van der Waals surface area (Å²) in [7, 11) is 1.74. The maximum absolute atomic E-state index is 12.2. The number of amides is 1. The van der Waals surface area contributed by atoms with Crippen LogP contribution in [0.4, 0.5) is 0 Å². The summed E-state index contributed by atoms with van der Waals surface area (Å²) in [5.74, 6) is 0.731. The lowest BCUT2D eigenvalue weighted by Crippen LogP contribution is -2.41. The van der Waals surface area contributed by atoms with Gasteiger partial charge in [-0.2, -0.15) is 0 Å². The Morgan fingerprint density at radius 1 is 1.32 bits per heavy atom. The molecule has 0 aliphatic carbocycles. The Morgan fingerprint density at radius 2 is 2.14 bits per heavy atom. The molecule has 1 aromatic carbocycles. The number of ether oxygens (including phenoxy) is 2. The number of carbonyl (C=O) groups is 1. The Kier molecular flexibility index (Phi) is 7.40. The number of hydrogen-bond acceptors (Lipinski definition) is 3. The average Bonchev–Trinajstić information content (AvgIpc) is 2.56. The number of rotatable bonds is 8. The summed E-state index contributed by atoms with van der Waals surface area (Å²) in [4.78, 5) is 14.2. The summed E-state index contributed by atoms with van der Waals surface area (Å²) in [5, 5.41) is 0. The standard InChI is InChI=1S/C18H27NO3/c1-21-12-6-10-16-9-5-11-19(13-16)18(20)15-22-14-17-7-3-2-4-8-17/h2-4,7-8,16H,5-6,9-15H2,1H3/t16-/m0/s1. The van der Waals surface area contributed by atoms with Gasteiger partial charge < -0.3 is 14.4 Å². The number of methoxy groups -OCH3 is 1. The summed E-state index contributed by atoms with van der Waals surface area (Å²) in [6.07, 6.45) is 4.54. The van der Waals surface area contributed by atoms with Crippen LogP contribution in [-0.4, -0.2) is 44.2 Å². The fourth-order valence-corrected chi connectivity index (χ4v) is 2.97. The second-order valence-electron chi connectivity index (χ2n) is 5.96. The summed E-state index contributed by atoms with van der Waals surface area (Å²) in [6, 6.07) is 9.96. The first-order valence-corrected chi connectivity index (χ1v) is 8.18. The highest BCUT2D eigenvalue weighted by Gasteiger charge is 2.23. The molecule has 1 aliphatic rings. The molecule has 0 N–H and O–H groups in total. The minimum absolute atomic E-state index is 0.118. The molecule has 1 amide bonds. The van der Waals surface area contributed by atoms with Gasteiger partial charge in [0.25, 0.3) is 0 Å². The first kappa shape index (κ1) is 17.0. The highest BCUT2D eigenvalue weighted by Crippen LogP contribution is 2.21. The highest BCUT2D eigenvalue weighted by molar-refractivity contribution is 5.77. The van der Waals surface area contributed by atoms with E-state index in [1.165, 1.54) is 6.42 Å². The Bertz CT molecular complexity index is 435. The summed E-state index contributed by atoms with van der Waals surface area (Å²) >= 11 is 0. The zero-order valence-electron chi connectivity index (χ0n) is 13.5. The average molecular weight is 305 g/mol. The second kappa shape index (κ2) is 9.59. The minimum atomic E-state index is 0.118. The Labute approximate surface area is 133 Å². The molecule has 1 fully saturated rings. The van der Waals surface area contributed by atoms with Crippen LogP contribution in [0.3, 0.4) is 0 Å². The summed E-state index contributed by atoms with van der Waals surface area (Å²) in [5.41, 5.74) is 1.10. The predicted molar refractivity (Wildman–Crippen MR) is 86.5 cm³/mol. The van der Waals surface area contributed by atoms with Gasteiger partial charge in [0, 0.05) is 26.8 Å². The minimum Gasteiger partial charge on any atom is -0.385 e. The van der Waals surface area contributed by atoms with E-state index in [1.807, 2.05) is 35.2 Å². The molecule has 2 rings (SSSR count). The lowest BCUT2D eigenvalue weighted by Gasteiger charge is -2.32. The van der Waals surface area contributed by atoms with Crippen LogP contribution in [0.25, 0.3) is 0 Å². The van der Waals surface area contributed by atoms with Crippen LogP contribution in [0.1, 0.15) is 31.2 Å². The monoisotopic (exact) mass is 305 g/mol. The van der Waals surface area contributed by atoms with Crippen LogP contribution in [0.15, 0.2) is 30.3 Å². The van der Waals surface area contributed by atoms with E-state index in [9.17, 15) is 4.79 Å². The van der Waals surface area contributed by atoms with Crippen molar-refractivity contribution in [2.24, 2.45) is 5.92 Å². The topological polar surface area (TPSA) is 38.8 Å². The Morgan fingerprint density at radius 3 is 2.91 bits per heavy atom. The Balaban J connectivity index is 1.68. The molecule has 1 saturated heterocycles. The SMILES string of the molecule is COCCC[C@@H]1CCCN(C(=O)COCc2ccccc2)C1. The van der Waals surface area contributed by atoms with Crippen molar-refractivity contribution >= 4 is 5.91 Å². The molecule has 122 valence electrons. The van der Waals surface area contributed by atoms with Gasteiger partial charge in [0.1, 0.15) is 6.61 Å². The van der Waals surface area contributed by atoms with Crippen LogP contribution in [-0.2, 0) is 20.9 Å². The third-order valence-corrected chi connectivity index (χ3v) is 4.17. The summed E-state index contributed by atoms with van der Waals surface area (Å²) < 4.78 is 10.7. The van der Waals surface area contributed by atoms with E-state index in [1.54, 1.807) is 7.11 Å². The van der Waals surface area contributed by atoms with Crippen molar-refractivity contribution in [3.8, 4) is 0 Å². The highest BCUT2D eigenvalue weighted by atomic mass is 16.5. The van der Waals surface area contributed by atoms with E-state index < -0.39 is 0 Å². The number of carbonyl (C=O) groups excluding carboxylic acids is 1. The molecule has 0 unspecified atom stereocenters. The van der Waals surface area contributed by atoms with Crippen molar-refractivity contribution < 1.29 is 14.3 Å². The number of piperidine rings is 1. The maximum atomic E-state index is 12.2. The molecule has 4 nitrogen and oxygen atoms in total. The largest absolute Gasteiger partial charge is 0.385 e. The fraction of sp³-hybridized carbons (Fsp3) is 0.611. The van der Waals surface area contributed by atoms with E-state index in [-0.39, 0.29) is 12.5 Å². The molecule has 4 heteroatoms. The van der Waals surface area contributed by atoms with Crippen molar-refractivity contribution in [1.29, 1.82) is 0 Å². The normalized spacial score (nSPS) is 18.4. The fourth-order valence-electron chi connectivity index (χ4n) is 2.97. The first-order valence-electron chi connectivity index (χ1n) is 8.18. The molecule has 1 heterocycles. The van der Waals surface area contributed by atoms with Crippen molar-refractivity contribution in [3.05, 3.63) is 35.9 Å². The first-order chi connectivity index (χ1) is 10.8. The maximum Gasteiger partial charge on any atom is 0.248 e. The van der Waals surface area contributed by atoms with Gasteiger partial charge in [-0.1, -0.05) is 30.3 Å². The molecule has 0 bridgehead atoms. The van der Waals surface area contributed by atoms with Gasteiger partial charge in [0.05, 0.1) is 6.61 Å². The zero-order chi connectivity index (χ0) is 15.6. The van der Waals surface area contributed by atoms with Crippen molar-refractivity contribution in [3.63, 3.8) is 0 Å². The molecule has 0 saturated carbocycles. The predicted octanol–water partition coefficient (Wildman–Crippen LogP) is 2.87. The molecule has 1 aromatic rings. The van der Waals surface area contributed by atoms with Crippen LogP contribution in [0.2, 0.25) is 0 Å². The number of benzene rings is 1. The molecular weight excluding hydrogens is 278 g/mol. The van der Waals surface area contributed by atoms with Gasteiger partial charge in [-0.15, -0.1) is 0 Å². The second-order valence-corrected chi connectivity index (χ2v) is 5.96. The lowest BCUT2D eigenvalue weighted by atomic mass is 9.93. The number of hydrogen-bond donors (Lipinski definition) is 0. The summed E-state index contributed by atoms with van der Waals surface area (Å²) in [6.45, 7) is 3.23. The van der Waals surface area contributed by atoms with E-state index in [2.05, 4.69) is 0 Å². The lowest BCUT2D eigenvalue weighted by molar-refractivity contribution is -0.138. The van der Waals surface area contributed by atoms with Crippen LogP contribution >= 0.6 is 0 Å². The quantitative estimate of drug-likeness (QED) is 0.693. The molecule has 0 radical (unpaired) electrons. The molecule has 1 aliphatic heterocycles. The third-order valence-electron chi connectivity index (χ3n) is 4.17. The molecule has 0 aromatic heterocycles. The number of likely N-dealkylation sites (tertiary alicyclic amines) is 1. The van der Waals surface area contributed by atoms with E-state index in [4.69, 9.17) is 9.47 Å². The van der Waals surface area contributed by atoms with Crippen molar-refractivity contribution in [2.45, 2.75) is 32.3 Å². The van der Waals surface area contributed by atoms with Gasteiger partial charge in [-0.05, 0) is 37.2 Å². The van der Waals surface area contributed by atoms with E-state index >= 15 is 0 Å². The smallest absolute Gasteiger partial charge is 0.248 e. The third kappa shape index (κ3) is 5.78. The van der Waals surface area contributed by atoms with Gasteiger partial charge in [0.15, 0.2) is 0 Å². The molecular formula is C18H27NO3. The molecule has 1 atom stereocenters. The molecule has 0 spiro atoms. The van der Waals surface area contributed by atoms with E-state index in [0.29, 0.717) is 12.5 Å². The van der Waals surface area contributed by atoms with Gasteiger partial charge in [-0.25, -0.2) is 0 Å². The molecule has 22 heavy (non-hydrogen) atoms.